The number of thiophene rings is 1. The summed E-state index contributed by atoms with van der Waals surface area (Å²) in [5.41, 5.74) is 6.79. The smallest absolute Gasteiger partial charge is 0.357 e. The molecule has 8 bridgehead atoms. The summed E-state index contributed by atoms with van der Waals surface area (Å²) in [6.45, 7) is 0. The standard InChI is InChI=1S/C36H18N8S.Zn/c1-2-10-20-19(9-1)29-37-30(20)39-32-23-13-5-6-14-24(23)34(41-32)43-36-28-25(27-17-8-18-45-27)15-7-16-26(28)35(44-36)42-33-22-12-4-3-11-21(22)31(38-29)40-33;/h1-18H;/q-2;+2. The Hall–Kier alpha value is -5.44. The number of fused-ring (bicyclic) bond motifs is 20. The summed E-state index contributed by atoms with van der Waals surface area (Å²) in [5, 5.41) is 5.66. The molecule has 46 heavy (non-hydrogen) atoms. The molecule has 8 aromatic rings. The maximum absolute atomic E-state index is 5.12. The molecule has 0 aliphatic carbocycles. The molecule has 0 atom stereocenters. The Balaban J connectivity index is 0.00000292. The van der Waals surface area contributed by atoms with Gasteiger partial charge in [0.25, 0.3) is 0 Å². The van der Waals surface area contributed by atoms with Crippen molar-refractivity contribution in [2.24, 2.45) is 0 Å². The van der Waals surface area contributed by atoms with Crippen LogP contribution in [-0.2, 0) is 19.5 Å². The maximum atomic E-state index is 5.12. The third kappa shape index (κ3) is 4.00. The number of hydrogen-bond donors (Lipinski definition) is 0. The predicted octanol–water partition coefficient (Wildman–Crippen LogP) is 7.85. The van der Waals surface area contributed by atoms with Crippen molar-refractivity contribution in [1.29, 1.82) is 0 Å². The van der Waals surface area contributed by atoms with Crippen LogP contribution in [0, 0.1) is 0 Å². The molecule has 10 rings (SSSR count). The van der Waals surface area contributed by atoms with Crippen LogP contribution in [0.3, 0.4) is 0 Å². The van der Waals surface area contributed by atoms with Crippen LogP contribution in [0.15, 0.2) is 109 Å². The van der Waals surface area contributed by atoms with Crippen molar-refractivity contribution < 1.29 is 19.5 Å². The molecule has 0 spiro atoms. The van der Waals surface area contributed by atoms with E-state index in [1.54, 1.807) is 11.3 Å². The van der Waals surface area contributed by atoms with Gasteiger partial charge in [-0.1, -0.05) is 97.1 Å². The van der Waals surface area contributed by atoms with E-state index in [0.717, 1.165) is 54.2 Å². The summed E-state index contributed by atoms with van der Waals surface area (Å²) in [4.78, 5) is 41.2. The summed E-state index contributed by atoms with van der Waals surface area (Å²) in [6.07, 6.45) is 0. The van der Waals surface area contributed by atoms with Gasteiger partial charge < -0.3 is 29.9 Å². The Morgan fingerprint density at radius 2 is 0.826 bits per heavy atom. The van der Waals surface area contributed by atoms with Gasteiger partial charge in [0.2, 0.25) is 0 Å². The molecule has 0 fully saturated rings. The molecule has 0 saturated carbocycles. The van der Waals surface area contributed by atoms with Gasteiger partial charge in [-0.05, 0) is 27.6 Å². The average molecular weight is 660 g/mol. The van der Waals surface area contributed by atoms with Gasteiger partial charge in [0.05, 0.1) is 23.3 Å². The summed E-state index contributed by atoms with van der Waals surface area (Å²) in [7, 11) is 0. The quantitative estimate of drug-likeness (QED) is 0.164. The Bertz CT molecular complexity index is 2670. The monoisotopic (exact) mass is 658 g/mol. The first-order valence-corrected chi connectivity index (χ1v) is 15.3. The maximum Gasteiger partial charge on any atom is 2.00 e. The van der Waals surface area contributed by atoms with Gasteiger partial charge in [0, 0.05) is 60.7 Å². The van der Waals surface area contributed by atoms with Crippen molar-refractivity contribution in [3.05, 3.63) is 109 Å². The molecule has 2 aliphatic heterocycles. The molecule has 0 unspecified atom stereocenters. The van der Waals surface area contributed by atoms with Gasteiger partial charge >= 0.3 is 19.5 Å². The van der Waals surface area contributed by atoms with Crippen molar-refractivity contribution >= 4 is 55.5 Å². The Morgan fingerprint density at radius 3 is 1.35 bits per heavy atom. The van der Waals surface area contributed by atoms with Crippen molar-refractivity contribution in [2.45, 2.75) is 0 Å². The van der Waals surface area contributed by atoms with Gasteiger partial charge in [-0.25, -0.2) is 9.97 Å². The van der Waals surface area contributed by atoms with Crippen LogP contribution in [0.4, 0.5) is 0 Å². The molecule has 0 N–H and O–H groups in total. The first-order valence-electron chi connectivity index (χ1n) is 14.4. The van der Waals surface area contributed by atoms with E-state index in [1.165, 1.54) is 0 Å². The number of hydrogen-bond acceptors (Lipinski definition) is 7. The fourth-order valence-corrected chi connectivity index (χ4v) is 6.95. The van der Waals surface area contributed by atoms with Gasteiger partial charge in [-0.3, -0.25) is 0 Å². The van der Waals surface area contributed by atoms with Crippen molar-refractivity contribution in [3.8, 4) is 56.0 Å². The van der Waals surface area contributed by atoms with E-state index in [2.05, 4.69) is 23.6 Å². The minimum absolute atomic E-state index is 0. The molecular weight excluding hydrogens is 642 g/mol. The average Bonchev–Trinajstić information content (AvgIpc) is 3.91. The molecule has 210 valence electrons. The minimum Gasteiger partial charge on any atom is -0.357 e. The van der Waals surface area contributed by atoms with E-state index in [4.69, 9.17) is 39.9 Å². The van der Waals surface area contributed by atoms with Crippen molar-refractivity contribution in [1.82, 2.24) is 39.9 Å². The first kappa shape index (κ1) is 26.9. The zero-order valence-electron chi connectivity index (χ0n) is 24.1. The van der Waals surface area contributed by atoms with E-state index < -0.39 is 0 Å². The fourth-order valence-electron chi connectivity index (χ4n) is 6.19. The Labute approximate surface area is 278 Å². The van der Waals surface area contributed by atoms with Crippen LogP contribution >= 0.6 is 11.3 Å². The Morgan fingerprint density at radius 1 is 0.391 bits per heavy atom. The van der Waals surface area contributed by atoms with Crippen LogP contribution in [0.25, 0.3) is 100 Å². The Kier molecular flexibility index (Phi) is 6.03. The van der Waals surface area contributed by atoms with Gasteiger partial charge in [0.1, 0.15) is 0 Å². The number of nitrogens with zero attached hydrogens (tertiary/aromatic N) is 8. The van der Waals surface area contributed by atoms with Gasteiger partial charge in [-0.2, -0.15) is 0 Å². The van der Waals surface area contributed by atoms with E-state index in [-0.39, 0.29) is 19.5 Å². The fraction of sp³-hybridized carbons (Fsp3) is 0. The zero-order valence-corrected chi connectivity index (χ0v) is 27.9. The summed E-state index contributed by atoms with van der Waals surface area (Å²) in [6, 6.07) is 34.3. The molecule has 10 heteroatoms. The molecule has 6 heterocycles. The summed E-state index contributed by atoms with van der Waals surface area (Å²) in [5.74, 6) is 2.18. The van der Waals surface area contributed by atoms with Crippen LogP contribution in [0.1, 0.15) is 0 Å². The second kappa shape index (κ2) is 10.3. The molecule has 8 nitrogen and oxygen atoms in total. The summed E-state index contributed by atoms with van der Waals surface area (Å²) >= 11 is 1.68. The van der Waals surface area contributed by atoms with Crippen LogP contribution in [0.5, 0.6) is 0 Å². The molecule has 4 aromatic carbocycles. The minimum atomic E-state index is 0. The largest absolute Gasteiger partial charge is 2.00 e. The molecule has 0 radical (unpaired) electrons. The normalized spacial score (nSPS) is 11.7. The van der Waals surface area contributed by atoms with Gasteiger partial charge in [0.15, 0.2) is 0 Å². The SMILES string of the molecule is [Zn+2].c1csc(-c2cccc3c4nc5nc(nc6[n-]c(nc7nc(nc([n-]4)c23)-c2ccccc2-7)c2ccccc62)-c2ccccc2-5)c1. The molecule has 0 amide bonds. The number of rotatable bonds is 1. The third-order valence-electron chi connectivity index (χ3n) is 8.24. The zero-order chi connectivity index (χ0) is 29.5. The second-order valence-electron chi connectivity index (χ2n) is 10.8. The van der Waals surface area contributed by atoms with E-state index in [9.17, 15) is 0 Å². The molecule has 2 aliphatic rings. The molecular formula is C36H18N8SZn. The van der Waals surface area contributed by atoms with E-state index in [1.807, 2.05) is 84.9 Å². The molecule has 0 saturated heterocycles. The van der Waals surface area contributed by atoms with Crippen LogP contribution in [-0.4, -0.2) is 29.9 Å². The second-order valence-corrected chi connectivity index (χ2v) is 11.8. The predicted molar refractivity (Wildman–Crippen MR) is 177 cm³/mol. The number of aromatic nitrogens is 8. The van der Waals surface area contributed by atoms with E-state index >= 15 is 0 Å². The van der Waals surface area contributed by atoms with Crippen LogP contribution in [0.2, 0.25) is 0 Å². The van der Waals surface area contributed by atoms with Crippen molar-refractivity contribution in [2.75, 3.05) is 0 Å². The first-order chi connectivity index (χ1) is 22.3. The number of benzene rings is 4. The van der Waals surface area contributed by atoms with Crippen LogP contribution < -0.4 is 9.97 Å². The van der Waals surface area contributed by atoms with Gasteiger partial charge in [-0.15, -0.1) is 11.3 Å². The molecule has 4 aromatic heterocycles. The third-order valence-corrected chi connectivity index (χ3v) is 9.14. The van der Waals surface area contributed by atoms with Crippen molar-refractivity contribution in [3.63, 3.8) is 0 Å². The van der Waals surface area contributed by atoms with E-state index in [0.29, 0.717) is 45.9 Å². The summed E-state index contributed by atoms with van der Waals surface area (Å²) < 4.78 is 0. The topological polar surface area (TPSA) is 106 Å².